The zero-order valence-corrected chi connectivity index (χ0v) is 11.4. The summed E-state index contributed by atoms with van der Waals surface area (Å²) < 4.78 is 0. The Morgan fingerprint density at radius 2 is 2.42 bits per heavy atom. The molecule has 1 aromatic rings. The summed E-state index contributed by atoms with van der Waals surface area (Å²) in [6.45, 7) is 0.855. The molecule has 2 rings (SSSR count). The number of nitrogens with zero attached hydrogens (tertiary/aromatic N) is 2. The number of aliphatic hydroxyl groups is 1. The van der Waals surface area contributed by atoms with Crippen LogP contribution < -0.4 is 5.32 Å². The number of aliphatic hydroxyl groups excluding tert-OH is 1. The standard InChI is InChI=1S/C13H17N3O2S/c14-8-10-4-7-19-13(10)15-12(18)9-16(5-6-17)11-2-1-3-11/h4,7,11,17H,1-3,5-6,9H2,(H,15,18). The Bertz CT molecular complexity index is 476. The van der Waals surface area contributed by atoms with Crippen LogP contribution in [0.15, 0.2) is 11.4 Å². The normalized spacial score (nSPS) is 15.0. The largest absolute Gasteiger partial charge is 0.395 e. The molecule has 0 spiro atoms. The molecule has 6 heteroatoms. The molecular weight excluding hydrogens is 262 g/mol. The van der Waals surface area contributed by atoms with Crippen molar-refractivity contribution in [2.45, 2.75) is 25.3 Å². The number of amides is 1. The van der Waals surface area contributed by atoms with Crippen LogP contribution in [0.5, 0.6) is 0 Å². The molecule has 5 nitrogen and oxygen atoms in total. The molecule has 2 N–H and O–H groups in total. The minimum absolute atomic E-state index is 0.0617. The maximum Gasteiger partial charge on any atom is 0.239 e. The van der Waals surface area contributed by atoms with E-state index >= 15 is 0 Å². The molecule has 19 heavy (non-hydrogen) atoms. The Balaban J connectivity index is 1.90. The van der Waals surface area contributed by atoms with E-state index in [1.165, 1.54) is 17.8 Å². The predicted molar refractivity (Wildman–Crippen MR) is 74.0 cm³/mol. The van der Waals surface area contributed by atoms with Crippen LogP contribution in [0, 0.1) is 11.3 Å². The highest BCUT2D eigenvalue weighted by Crippen LogP contribution is 2.25. The lowest BCUT2D eigenvalue weighted by molar-refractivity contribution is -0.118. The summed E-state index contributed by atoms with van der Waals surface area (Å²) in [5.41, 5.74) is 0.496. The minimum Gasteiger partial charge on any atom is -0.395 e. The lowest BCUT2D eigenvalue weighted by Crippen LogP contribution is -2.45. The lowest BCUT2D eigenvalue weighted by atomic mass is 9.91. The van der Waals surface area contributed by atoms with E-state index in [1.54, 1.807) is 11.4 Å². The van der Waals surface area contributed by atoms with Gasteiger partial charge in [0.25, 0.3) is 0 Å². The average Bonchev–Trinajstić information content (AvgIpc) is 2.74. The number of thiophene rings is 1. The van der Waals surface area contributed by atoms with E-state index in [0.29, 0.717) is 23.2 Å². The molecule has 0 atom stereocenters. The van der Waals surface area contributed by atoms with Crippen LogP contribution in [-0.2, 0) is 4.79 Å². The van der Waals surface area contributed by atoms with Gasteiger partial charge < -0.3 is 10.4 Å². The zero-order valence-electron chi connectivity index (χ0n) is 10.6. The van der Waals surface area contributed by atoms with E-state index in [-0.39, 0.29) is 19.1 Å². The van der Waals surface area contributed by atoms with Crippen LogP contribution in [0.4, 0.5) is 5.00 Å². The van der Waals surface area contributed by atoms with E-state index in [4.69, 9.17) is 10.4 Å². The third-order valence-corrected chi connectivity index (χ3v) is 4.19. The first-order valence-corrected chi connectivity index (χ1v) is 7.25. The number of anilines is 1. The maximum atomic E-state index is 12.0. The van der Waals surface area contributed by atoms with Gasteiger partial charge in [-0.2, -0.15) is 5.26 Å². The molecule has 0 radical (unpaired) electrons. The van der Waals surface area contributed by atoms with Crippen molar-refractivity contribution in [3.8, 4) is 6.07 Å². The van der Waals surface area contributed by atoms with E-state index in [1.807, 2.05) is 11.0 Å². The fraction of sp³-hybridized carbons (Fsp3) is 0.538. The first-order valence-electron chi connectivity index (χ1n) is 6.37. The van der Waals surface area contributed by atoms with Gasteiger partial charge >= 0.3 is 0 Å². The SMILES string of the molecule is N#Cc1ccsc1NC(=O)CN(CCO)C1CCC1. The number of hydrogen-bond donors (Lipinski definition) is 2. The van der Waals surface area contributed by atoms with Crippen LogP contribution in [-0.4, -0.2) is 41.7 Å². The van der Waals surface area contributed by atoms with Gasteiger partial charge in [-0.3, -0.25) is 9.69 Å². The molecule has 0 saturated heterocycles. The summed E-state index contributed by atoms with van der Waals surface area (Å²) >= 11 is 1.35. The van der Waals surface area contributed by atoms with Crippen LogP contribution >= 0.6 is 11.3 Å². The smallest absolute Gasteiger partial charge is 0.239 e. The van der Waals surface area contributed by atoms with Crippen LogP contribution in [0.3, 0.4) is 0 Å². The highest BCUT2D eigenvalue weighted by molar-refractivity contribution is 7.14. The first-order chi connectivity index (χ1) is 9.24. The zero-order chi connectivity index (χ0) is 13.7. The fourth-order valence-electron chi connectivity index (χ4n) is 2.12. The second kappa shape index (κ2) is 6.66. The predicted octanol–water partition coefficient (Wildman–Crippen LogP) is 1.41. The average molecular weight is 279 g/mol. The summed E-state index contributed by atoms with van der Waals surface area (Å²) in [7, 11) is 0. The Hall–Kier alpha value is -1.42. The molecule has 0 aliphatic heterocycles. The van der Waals surface area contributed by atoms with E-state index in [9.17, 15) is 4.79 Å². The Kier molecular flexibility index (Phi) is 4.91. The summed E-state index contributed by atoms with van der Waals surface area (Å²) in [5.74, 6) is -0.126. The Labute approximate surface area is 116 Å². The number of carbonyl (C=O) groups excluding carboxylic acids is 1. The monoisotopic (exact) mass is 279 g/mol. The molecule has 1 aromatic heterocycles. The minimum atomic E-state index is -0.126. The van der Waals surface area contributed by atoms with Crippen molar-refractivity contribution >= 4 is 22.2 Å². The van der Waals surface area contributed by atoms with Gasteiger partial charge in [-0.25, -0.2) is 0 Å². The van der Waals surface area contributed by atoms with Crippen LogP contribution in [0.25, 0.3) is 0 Å². The van der Waals surface area contributed by atoms with Crippen molar-refractivity contribution in [1.29, 1.82) is 5.26 Å². The van der Waals surface area contributed by atoms with Gasteiger partial charge in [0, 0.05) is 12.6 Å². The second-order valence-electron chi connectivity index (χ2n) is 4.60. The van der Waals surface area contributed by atoms with Gasteiger partial charge in [-0.15, -0.1) is 11.3 Å². The third kappa shape index (κ3) is 3.53. The molecule has 0 unspecified atom stereocenters. The maximum absolute atomic E-state index is 12.0. The van der Waals surface area contributed by atoms with Gasteiger partial charge in [-0.05, 0) is 24.3 Å². The van der Waals surface area contributed by atoms with Crippen molar-refractivity contribution in [2.75, 3.05) is 25.0 Å². The topological polar surface area (TPSA) is 76.4 Å². The molecular formula is C13H17N3O2S. The van der Waals surface area contributed by atoms with E-state index < -0.39 is 0 Å². The van der Waals surface area contributed by atoms with Crippen molar-refractivity contribution in [3.05, 3.63) is 17.0 Å². The molecule has 1 heterocycles. The Morgan fingerprint density at radius 3 is 3.00 bits per heavy atom. The Morgan fingerprint density at radius 1 is 1.63 bits per heavy atom. The fourth-order valence-corrected chi connectivity index (χ4v) is 2.87. The molecule has 1 aliphatic carbocycles. The van der Waals surface area contributed by atoms with Crippen molar-refractivity contribution in [2.24, 2.45) is 0 Å². The molecule has 1 aliphatic rings. The van der Waals surface area contributed by atoms with Crippen molar-refractivity contribution in [3.63, 3.8) is 0 Å². The summed E-state index contributed by atoms with van der Waals surface area (Å²) in [6.07, 6.45) is 3.38. The number of nitriles is 1. The number of carbonyl (C=O) groups is 1. The summed E-state index contributed by atoms with van der Waals surface area (Å²) in [5, 5.41) is 23.1. The number of rotatable bonds is 6. The van der Waals surface area contributed by atoms with Gasteiger partial charge in [0.2, 0.25) is 5.91 Å². The first kappa shape index (κ1) is 14.0. The molecule has 0 aromatic carbocycles. The lowest BCUT2D eigenvalue weighted by Gasteiger charge is -2.36. The van der Waals surface area contributed by atoms with Gasteiger partial charge in [-0.1, -0.05) is 6.42 Å². The van der Waals surface area contributed by atoms with E-state index in [2.05, 4.69) is 5.32 Å². The number of nitrogens with one attached hydrogen (secondary N) is 1. The molecule has 1 amide bonds. The molecule has 1 saturated carbocycles. The van der Waals surface area contributed by atoms with Gasteiger partial charge in [0.15, 0.2) is 0 Å². The second-order valence-corrected chi connectivity index (χ2v) is 5.52. The van der Waals surface area contributed by atoms with Gasteiger partial charge in [0.1, 0.15) is 11.1 Å². The number of hydrogen-bond acceptors (Lipinski definition) is 5. The summed E-state index contributed by atoms with van der Waals surface area (Å²) in [4.78, 5) is 14.0. The van der Waals surface area contributed by atoms with E-state index in [0.717, 1.165) is 12.8 Å². The molecule has 1 fully saturated rings. The van der Waals surface area contributed by atoms with Crippen LogP contribution in [0.2, 0.25) is 0 Å². The van der Waals surface area contributed by atoms with Crippen molar-refractivity contribution in [1.82, 2.24) is 4.90 Å². The third-order valence-electron chi connectivity index (χ3n) is 3.36. The highest BCUT2D eigenvalue weighted by atomic mass is 32.1. The molecule has 102 valence electrons. The quantitative estimate of drug-likeness (QED) is 0.825. The highest BCUT2D eigenvalue weighted by Gasteiger charge is 2.26. The van der Waals surface area contributed by atoms with Gasteiger partial charge in [0.05, 0.1) is 18.7 Å². The molecule has 0 bridgehead atoms. The van der Waals surface area contributed by atoms with Crippen LogP contribution in [0.1, 0.15) is 24.8 Å². The summed E-state index contributed by atoms with van der Waals surface area (Å²) in [6, 6.07) is 4.15. The van der Waals surface area contributed by atoms with Crippen molar-refractivity contribution < 1.29 is 9.90 Å².